The molecule has 146 valence electrons. The van der Waals surface area contributed by atoms with Gasteiger partial charge >= 0.3 is 0 Å². The zero-order chi connectivity index (χ0) is 18.6. The Morgan fingerprint density at radius 1 is 1.08 bits per heavy atom. The van der Waals surface area contributed by atoms with Crippen LogP contribution in [-0.2, 0) is 17.8 Å². The minimum atomic E-state index is 0.776. The van der Waals surface area contributed by atoms with E-state index in [0.717, 1.165) is 58.3 Å². The average molecular weight is 362 g/mol. The molecule has 1 aromatic carbocycles. The lowest BCUT2D eigenvalue weighted by Gasteiger charge is -2.32. The van der Waals surface area contributed by atoms with Crippen molar-refractivity contribution in [3.05, 3.63) is 35.4 Å². The Labute approximate surface area is 158 Å². The van der Waals surface area contributed by atoms with Gasteiger partial charge in [-0.2, -0.15) is 0 Å². The molecule has 2 rings (SSSR count). The molecule has 2 N–H and O–H groups in total. The van der Waals surface area contributed by atoms with E-state index in [-0.39, 0.29) is 0 Å². The number of likely N-dealkylation sites (N-methyl/N-ethyl adjacent to an activating group) is 1. The summed E-state index contributed by atoms with van der Waals surface area (Å²) in [7, 11) is 4.00. The molecule has 0 spiro atoms. The Hall–Kier alpha value is -1.63. The summed E-state index contributed by atoms with van der Waals surface area (Å²) in [5.74, 6) is 0.836. The number of hydrogen-bond donors (Lipinski definition) is 2. The minimum absolute atomic E-state index is 0.776. The number of hydrogen-bond acceptors (Lipinski definition) is 4. The molecular formula is C20H35N5O. The smallest absolute Gasteiger partial charge is 0.191 e. The summed E-state index contributed by atoms with van der Waals surface area (Å²) in [5.41, 5.74) is 2.65. The number of nitrogens with zero attached hydrogens (tertiary/aromatic N) is 3. The summed E-state index contributed by atoms with van der Waals surface area (Å²) in [6.45, 7) is 10.9. The standard InChI is InChI=1S/C20H35N5O/c1-4-26-15-5-10-22-20(21-2)23-16-18-6-8-19(9-7-18)17-25-13-11-24(3)12-14-25/h6-9H,4-5,10-17H2,1-3H3,(H2,21,22,23). The fourth-order valence-electron chi connectivity index (χ4n) is 2.96. The molecule has 1 heterocycles. The van der Waals surface area contributed by atoms with E-state index in [9.17, 15) is 0 Å². The predicted octanol–water partition coefficient (Wildman–Crippen LogP) is 1.53. The van der Waals surface area contributed by atoms with Gasteiger partial charge in [0, 0.05) is 66.1 Å². The van der Waals surface area contributed by atoms with Crippen LogP contribution in [0.2, 0.25) is 0 Å². The highest BCUT2D eigenvalue weighted by Crippen LogP contribution is 2.09. The van der Waals surface area contributed by atoms with E-state index in [0.29, 0.717) is 0 Å². The molecule has 0 aromatic heterocycles. The molecule has 1 fully saturated rings. The number of piperazine rings is 1. The van der Waals surface area contributed by atoms with Crippen molar-refractivity contribution < 1.29 is 4.74 Å². The van der Waals surface area contributed by atoms with Gasteiger partial charge in [0.05, 0.1) is 0 Å². The van der Waals surface area contributed by atoms with Crippen LogP contribution in [0.15, 0.2) is 29.3 Å². The highest BCUT2D eigenvalue weighted by molar-refractivity contribution is 5.79. The second-order valence-electron chi connectivity index (χ2n) is 6.80. The Balaban J connectivity index is 1.69. The quantitative estimate of drug-likeness (QED) is 0.397. The van der Waals surface area contributed by atoms with Gasteiger partial charge in [-0.1, -0.05) is 24.3 Å². The van der Waals surface area contributed by atoms with Crippen LogP contribution >= 0.6 is 0 Å². The summed E-state index contributed by atoms with van der Waals surface area (Å²) in [5, 5.41) is 6.68. The lowest BCUT2D eigenvalue weighted by molar-refractivity contribution is 0.145. The molecule has 0 amide bonds. The third kappa shape index (κ3) is 7.72. The topological polar surface area (TPSA) is 52.1 Å². The van der Waals surface area contributed by atoms with Crippen LogP contribution in [-0.4, -0.2) is 75.8 Å². The van der Waals surface area contributed by atoms with Crippen molar-refractivity contribution in [3.63, 3.8) is 0 Å². The normalized spacial score (nSPS) is 16.7. The fourth-order valence-corrected chi connectivity index (χ4v) is 2.96. The summed E-state index contributed by atoms with van der Waals surface area (Å²) < 4.78 is 5.34. The molecule has 1 aliphatic rings. The molecule has 0 radical (unpaired) electrons. The van der Waals surface area contributed by atoms with Gasteiger partial charge < -0.3 is 20.3 Å². The maximum atomic E-state index is 5.34. The second-order valence-corrected chi connectivity index (χ2v) is 6.80. The number of ether oxygens (including phenoxy) is 1. The molecule has 1 saturated heterocycles. The largest absolute Gasteiger partial charge is 0.382 e. The first kappa shape index (κ1) is 20.7. The molecule has 0 aliphatic carbocycles. The summed E-state index contributed by atoms with van der Waals surface area (Å²) in [4.78, 5) is 9.19. The van der Waals surface area contributed by atoms with Gasteiger partial charge in [-0.05, 0) is 31.5 Å². The van der Waals surface area contributed by atoms with Crippen LogP contribution in [0.4, 0.5) is 0 Å². The van der Waals surface area contributed by atoms with Crippen molar-refractivity contribution in [1.82, 2.24) is 20.4 Å². The fraction of sp³-hybridized carbons (Fsp3) is 0.650. The van der Waals surface area contributed by atoms with Crippen LogP contribution in [0, 0.1) is 0 Å². The molecule has 6 nitrogen and oxygen atoms in total. The minimum Gasteiger partial charge on any atom is -0.382 e. The molecule has 1 aromatic rings. The third-order valence-electron chi connectivity index (χ3n) is 4.67. The van der Waals surface area contributed by atoms with E-state index in [1.807, 2.05) is 6.92 Å². The van der Waals surface area contributed by atoms with Crippen molar-refractivity contribution in [1.29, 1.82) is 0 Å². The molecule has 0 saturated carbocycles. The monoisotopic (exact) mass is 361 g/mol. The van der Waals surface area contributed by atoms with Gasteiger partial charge in [0.15, 0.2) is 5.96 Å². The summed E-state index contributed by atoms with van der Waals surface area (Å²) in [6, 6.07) is 8.91. The Morgan fingerprint density at radius 2 is 1.77 bits per heavy atom. The van der Waals surface area contributed by atoms with Crippen LogP contribution < -0.4 is 10.6 Å². The van der Waals surface area contributed by atoms with Crippen molar-refractivity contribution >= 4 is 5.96 Å². The van der Waals surface area contributed by atoms with Gasteiger partial charge in [0.2, 0.25) is 0 Å². The average Bonchev–Trinajstić information content (AvgIpc) is 2.67. The SMILES string of the molecule is CCOCCCNC(=NC)NCc1ccc(CN2CCN(C)CC2)cc1. The molecule has 26 heavy (non-hydrogen) atoms. The first-order valence-electron chi connectivity index (χ1n) is 9.72. The number of nitrogens with one attached hydrogen (secondary N) is 2. The first-order valence-corrected chi connectivity index (χ1v) is 9.72. The van der Waals surface area contributed by atoms with E-state index < -0.39 is 0 Å². The number of aliphatic imine (C=N–C) groups is 1. The number of rotatable bonds is 9. The molecule has 6 heteroatoms. The molecule has 0 bridgehead atoms. The van der Waals surface area contributed by atoms with Crippen LogP contribution in [0.5, 0.6) is 0 Å². The van der Waals surface area contributed by atoms with Gasteiger partial charge in [-0.25, -0.2) is 0 Å². The van der Waals surface area contributed by atoms with Gasteiger partial charge in [0.1, 0.15) is 0 Å². The molecule has 0 atom stereocenters. The van der Waals surface area contributed by atoms with Crippen LogP contribution in [0.3, 0.4) is 0 Å². The zero-order valence-corrected chi connectivity index (χ0v) is 16.6. The lowest BCUT2D eigenvalue weighted by atomic mass is 10.1. The van der Waals surface area contributed by atoms with Gasteiger partial charge in [-0.3, -0.25) is 9.89 Å². The second kappa shape index (κ2) is 11.9. The van der Waals surface area contributed by atoms with Crippen molar-refractivity contribution in [2.45, 2.75) is 26.4 Å². The van der Waals surface area contributed by atoms with Crippen LogP contribution in [0.1, 0.15) is 24.5 Å². The van der Waals surface area contributed by atoms with Crippen molar-refractivity contribution in [2.24, 2.45) is 4.99 Å². The van der Waals surface area contributed by atoms with Gasteiger partial charge in [0.25, 0.3) is 0 Å². The summed E-state index contributed by atoms with van der Waals surface area (Å²) >= 11 is 0. The summed E-state index contributed by atoms with van der Waals surface area (Å²) in [6.07, 6.45) is 0.982. The highest BCUT2D eigenvalue weighted by Gasteiger charge is 2.13. The van der Waals surface area contributed by atoms with E-state index in [1.54, 1.807) is 7.05 Å². The molecule has 1 aliphatic heterocycles. The first-order chi connectivity index (χ1) is 12.7. The molecule has 0 unspecified atom stereocenters. The van der Waals surface area contributed by atoms with Crippen LogP contribution in [0.25, 0.3) is 0 Å². The number of benzene rings is 1. The molecular weight excluding hydrogens is 326 g/mol. The van der Waals surface area contributed by atoms with E-state index in [2.05, 4.69) is 56.7 Å². The van der Waals surface area contributed by atoms with Crippen molar-refractivity contribution in [3.8, 4) is 0 Å². The van der Waals surface area contributed by atoms with Gasteiger partial charge in [-0.15, -0.1) is 0 Å². The number of guanidine groups is 1. The Bertz CT molecular complexity index is 524. The third-order valence-corrected chi connectivity index (χ3v) is 4.67. The van der Waals surface area contributed by atoms with E-state index in [4.69, 9.17) is 4.74 Å². The predicted molar refractivity (Wildman–Crippen MR) is 109 cm³/mol. The van der Waals surface area contributed by atoms with Crippen molar-refractivity contribution in [2.75, 3.05) is 60.0 Å². The maximum Gasteiger partial charge on any atom is 0.191 e. The maximum absolute atomic E-state index is 5.34. The van der Waals surface area contributed by atoms with E-state index >= 15 is 0 Å². The Kier molecular flexibility index (Phi) is 9.45. The van der Waals surface area contributed by atoms with E-state index in [1.165, 1.54) is 24.2 Å². The zero-order valence-electron chi connectivity index (χ0n) is 16.6. The highest BCUT2D eigenvalue weighted by atomic mass is 16.5. The lowest BCUT2D eigenvalue weighted by Crippen LogP contribution is -2.43. The Morgan fingerprint density at radius 3 is 2.42 bits per heavy atom.